The van der Waals surface area contributed by atoms with Gasteiger partial charge in [0.05, 0.1) is 13.2 Å². The third-order valence-corrected chi connectivity index (χ3v) is 8.55. The highest BCUT2D eigenvalue weighted by Gasteiger charge is 2.59. The van der Waals surface area contributed by atoms with E-state index in [9.17, 15) is 38.2 Å². The Morgan fingerprint density at radius 3 is 2.38 bits per heavy atom. The van der Waals surface area contributed by atoms with Gasteiger partial charge in [-0.05, 0) is 6.42 Å². The van der Waals surface area contributed by atoms with Crippen molar-refractivity contribution in [1.82, 2.24) is 9.55 Å². The molecule has 1 aliphatic rings. The first-order valence-electron chi connectivity index (χ1n) is 8.57. The Morgan fingerprint density at radius 1 is 1.22 bits per heavy atom. The van der Waals surface area contributed by atoms with Gasteiger partial charge in [-0.1, -0.05) is 24.9 Å². The Bertz CT molecular complexity index is 1100. The number of aromatic nitrogens is 2. The number of rotatable bonds is 10. The van der Waals surface area contributed by atoms with E-state index in [4.69, 9.17) is 26.1 Å². The molecular weight excluding hydrogens is 525 g/mol. The molecule has 0 aliphatic carbocycles. The van der Waals surface area contributed by atoms with Gasteiger partial charge in [-0.3, -0.25) is 18.9 Å². The quantitative estimate of drug-likeness (QED) is 0.164. The van der Waals surface area contributed by atoms with Crippen LogP contribution in [0, 0.1) is 0 Å². The Labute approximate surface area is 184 Å². The predicted molar refractivity (Wildman–Crippen MR) is 105 cm³/mol. The fourth-order valence-corrected chi connectivity index (χ4v) is 6.50. The number of ether oxygens (including phenoxy) is 1. The fourth-order valence-electron chi connectivity index (χ4n) is 3.04. The summed E-state index contributed by atoms with van der Waals surface area (Å²) in [6, 6.07) is 0.962. The van der Waals surface area contributed by atoms with Crippen LogP contribution < -0.4 is 11.2 Å². The summed E-state index contributed by atoms with van der Waals surface area (Å²) < 4.78 is 52.3. The van der Waals surface area contributed by atoms with Gasteiger partial charge in [-0.25, -0.2) is 18.5 Å². The molecule has 2 heterocycles. The lowest BCUT2D eigenvalue weighted by Crippen LogP contribution is -2.54. The molecule has 1 aliphatic heterocycles. The monoisotopic (exact) mass is 544 g/mol. The summed E-state index contributed by atoms with van der Waals surface area (Å²) >= 11 is 6.41. The highest BCUT2D eigenvalue weighted by molar-refractivity contribution is 7.66. The number of halogens is 1. The third kappa shape index (κ3) is 6.45. The highest BCUT2D eigenvalue weighted by atomic mass is 35.5. The molecule has 1 aromatic heterocycles. The van der Waals surface area contributed by atoms with Crippen LogP contribution in [0.5, 0.6) is 0 Å². The van der Waals surface area contributed by atoms with Crippen LogP contribution >= 0.6 is 35.1 Å². The summed E-state index contributed by atoms with van der Waals surface area (Å²) in [6.07, 6.45) is -0.543. The first kappa shape index (κ1) is 27.5. The Morgan fingerprint density at radius 2 is 1.84 bits per heavy atom. The second-order valence-electron chi connectivity index (χ2n) is 6.67. The van der Waals surface area contributed by atoms with E-state index in [1.807, 2.05) is 4.98 Å². The Balaban J connectivity index is 2.27. The normalized spacial score (nSPS) is 30.0. The molecule has 184 valence electrons. The molecule has 1 fully saturated rings. The summed E-state index contributed by atoms with van der Waals surface area (Å²) in [5.74, 6) is 0. The SMILES string of the molecule is CCC[C@]1(COP(=O)(O)OP(=O)(O)OP(=O)(O)O)OCC(Cl)(n2ccc(=O)[nH]c2=O)[C@@H]1O. The van der Waals surface area contributed by atoms with Gasteiger partial charge in [-0.15, -0.1) is 0 Å². The van der Waals surface area contributed by atoms with E-state index in [2.05, 4.69) is 13.1 Å². The number of nitrogens with zero attached hydrogens (tertiary/aromatic N) is 1. The second kappa shape index (κ2) is 9.51. The molecular formula is C12H20ClN2O14P3. The number of phosphoric acid groups is 3. The average Bonchev–Trinajstić information content (AvgIpc) is 2.84. The van der Waals surface area contributed by atoms with Crippen molar-refractivity contribution < 1.29 is 56.3 Å². The maximum absolute atomic E-state index is 12.1. The molecule has 0 aromatic carbocycles. The van der Waals surface area contributed by atoms with Crippen molar-refractivity contribution >= 4 is 35.1 Å². The number of nitrogens with one attached hydrogen (secondary N) is 1. The molecule has 1 aromatic rings. The minimum atomic E-state index is -5.74. The number of hydrogen-bond acceptors (Lipinski definition) is 10. The molecule has 0 amide bonds. The minimum absolute atomic E-state index is 0.0590. The van der Waals surface area contributed by atoms with E-state index >= 15 is 0 Å². The molecule has 0 bridgehead atoms. The summed E-state index contributed by atoms with van der Waals surface area (Å²) in [4.78, 5) is 59.4. The standard InChI is InChI=1S/C12H20ClN2O14P3/c1-2-4-11(6-27-31(22,23)29-32(24,25)28-30(19,20)21)9(17)12(13,7-26-11)15-5-3-8(16)14-10(15)18/h3,5,9,17H,2,4,6-7H2,1H3,(H,22,23)(H,24,25)(H,14,16,18)(H2,19,20,21)/t9-,11-,12?/m1/s1. The molecule has 1 saturated heterocycles. The summed E-state index contributed by atoms with van der Waals surface area (Å²) in [7, 11) is -16.8. The lowest BCUT2D eigenvalue weighted by molar-refractivity contribution is -0.0956. The smallest absolute Gasteiger partial charge is 0.386 e. The lowest BCUT2D eigenvalue weighted by Gasteiger charge is -2.35. The van der Waals surface area contributed by atoms with Gasteiger partial charge in [0.25, 0.3) is 5.56 Å². The van der Waals surface area contributed by atoms with Crippen molar-refractivity contribution in [2.45, 2.75) is 36.5 Å². The van der Waals surface area contributed by atoms with E-state index in [0.717, 1.165) is 16.8 Å². The van der Waals surface area contributed by atoms with Crippen molar-refractivity contribution in [3.05, 3.63) is 33.1 Å². The van der Waals surface area contributed by atoms with Crippen LogP contribution in [-0.4, -0.2) is 59.2 Å². The van der Waals surface area contributed by atoms with Crippen LogP contribution in [0.4, 0.5) is 0 Å². The number of alkyl halides is 1. The van der Waals surface area contributed by atoms with Crippen molar-refractivity contribution in [2.24, 2.45) is 0 Å². The largest absolute Gasteiger partial charge is 0.490 e. The molecule has 0 radical (unpaired) electrons. The van der Waals surface area contributed by atoms with Crippen molar-refractivity contribution in [2.75, 3.05) is 13.2 Å². The van der Waals surface area contributed by atoms with Gasteiger partial charge in [0.15, 0.2) is 5.00 Å². The molecule has 2 rings (SSSR count). The van der Waals surface area contributed by atoms with Crippen LogP contribution in [0.3, 0.4) is 0 Å². The van der Waals surface area contributed by atoms with Crippen LogP contribution in [0.1, 0.15) is 19.8 Å². The zero-order valence-electron chi connectivity index (χ0n) is 16.1. The van der Waals surface area contributed by atoms with E-state index in [1.54, 1.807) is 6.92 Å². The van der Waals surface area contributed by atoms with Crippen molar-refractivity contribution in [1.29, 1.82) is 0 Å². The maximum Gasteiger partial charge on any atom is 0.490 e. The first-order chi connectivity index (χ1) is 14.5. The number of aromatic amines is 1. The van der Waals surface area contributed by atoms with E-state index in [-0.39, 0.29) is 6.42 Å². The number of aliphatic hydroxyl groups excluding tert-OH is 1. The molecule has 20 heteroatoms. The van der Waals surface area contributed by atoms with E-state index < -0.39 is 64.6 Å². The van der Waals surface area contributed by atoms with Crippen molar-refractivity contribution in [3.63, 3.8) is 0 Å². The number of aliphatic hydroxyl groups is 1. The van der Waals surface area contributed by atoms with Crippen LogP contribution in [-0.2, 0) is 36.6 Å². The number of phosphoric ester groups is 1. The molecule has 32 heavy (non-hydrogen) atoms. The molecule has 16 nitrogen and oxygen atoms in total. The second-order valence-corrected chi connectivity index (χ2v) is 11.7. The molecule has 5 atom stereocenters. The molecule has 0 saturated carbocycles. The lowest BCUT2D eigenvalue weighted by atomic mass is 9.90. The van der Waals surface area contributed by atoms with Gasteiger partial charge in [-0.2, -0.15) is 8.62 Å². The number of H-pyrrole nitrogens is 1. The topological polar surface area (TPSA) is 244 Å². The van der Waals surface area contributed by atoms with Gasteiger partial charge in [0.2, 0.25) is 0 Å². The zero-order chi connectivity index (χ0) is 24.6. The molecule has 3 unspecified atom stereocenters. The van der Waals surface area contributed by atoms with Crippen molar-refractivity contribution in [3.8, 4) is 0 Å². The third-order valence-electron chi connectivity index (χ3n) is 4.26. The minimum Gasteiger partial charge on any atom is -0.386 e. The van der Waals surface area contributed by atoms with Gasteiger partial charge in [0, 0.05) is 12.3 Å². The predicted octanol–water partition coefficient (Wildman–Crippen LogP) is -0.299. The van der Waals surface area contributed by atoms with Crippen LogP contribution in [0.25, 0.3) is 0 Å². The van der Waals surface area contributed by atoms with Crippen LogP contribution in [0.15, 0.2) is 21.9 Å². The zero-order valence-corrected chi connectivity index (χ0v) is 19.6. The summed E-state index contributed by atoms with van der Waals surface area (Å²) in [5, 5.41) is 10.9. The first-order valence-corrected chi connectivity index (χ1v) is 13.5. The van der Waals surface area contributed by atoms with Gasteiger partial charge < -0.3 is 29.4 Å². The van der Waals surface area contributed by atoms with Gasteiger partial charge >= 0.3 is 29.2 Å². The molecule has 6 N–H and O–H groups in total. The Hall–Kier alpha value is -0.700. The maximum atomic E-state index is 12.1. The average molecular weight is 545 g/mol. The highest BCUT2D eigenvalue weighted by Crippen LogP contribution is 2.66. The van der Waals surface area contributed by atoms with E-state index in [0.29, 0.717) is 6.42 Å². The summed E-state index contributed by atoms with van der Waals surface area (Å²) in [5.41, 5.74) is -3.54. The number of hydrogen-bond donors (Lipinski definition) is 6. The summed E-state index contributed by atoms with van der Waals surface area (Å²) in [6.45, 7) is 0.142. The Kier molecular flexibility index (Phi) is 8.19. The fraction of sp³-hybridized carbons (Fsp3) is 0.667. The van der Waals surface area contributed by atoms with Gasteiger partial charge in [0.1, 0.15) is 11.7 Å². The van der Waals surface area contributed by atoms with Crippen LogP contribution in [0.2, 0.25) is 0 Å². The molecule has 0 spiro atoms. The van der Waals surface area contributed by atoms with E-state index in [1.165, 1.54) is 0 Å².